The molecule has 2 aliphatic rings. The first kappa shape index (κ1) is 14.0. The lowest BCUT2D eigenvalue weighted by Gasteiger charge is -2.20. The Morgan fingerprint density at radius 1 is 1.14 bits per heavy atom. The van der Waals surface area contributed by atoms with Gasteiger partial charge in [-0.3, -0.25) is 9.59 Å². The zero-order valence-electron chi connectivity index (χ0n) is 11.7. The van der Waals surface area contributed by atoms with Crippen molar-refractivity contribution in [1.82, 2.24) is 0 Å². The fraction of sp³-hybridized carbons (Fsp3) is 0.467. The van der Waals surface area contributed by atoms with E-state index in [-0.39, 0.29) is 24.3 Å². The summed E-state index contributed by atoms with van der Waals surface area (Å²) in [4.78, 5) is 23.8. The molecule has 0 spiro atoms. The molecule has 1 unspecified atom stereocenters. The lowest BCUT2D eigenvalue weighted by molar-refractivity contribution is -0.121. The molecule has 0 bridgehead atoms. The molecule has 112 valence electrons. The summed E-state index contributed by atoms with van der Waals surface area (Å²) in [5, 5.41) is 5.63. The Morgan fingerprint density at radius 2 is 1.76 bits per heavy atom. The highest BCUT2D eigenvalue weighted by Gasteiger charge is 2.38. The maximum Gasteiger partial charge on any atom is 0.246 e. The fourth-order valence-electron chi connectivity index (χ4n) is 2.24. The smallest absolute Gasteiger partial charge is 0.246 e. The highest BCUT2D eigenvalue weighted by molar-refractivity contribution is 5.99. The average molecular weight is 289 g/mol. The molecule has 1 heterocycles. The molecule has 0 aromatic heterocycles. The Kier molecular flexibility index (Phi) is 3.65. The summed E-state index contributed by atoms with van der Waals surface area (Å²) in [7, 11) is 0. The molecule has 6 heteroatoms. The van der Waals surface area contributed by atoms with Crippen LogP contribution >= 0.6 is 0 Å². The van der Waals surface area contributed by atoms with Crippen LogP contribution in [-0.4, -0.2) is 30.6 Å². The third-order valence-corrected chi connectivity index (χ3v) is 3.86. The number of anilines is 2. The van der Waals surface area contributed by atoms with Gasteiger partial charge in [-0.05, 0) is 43.5 Å². The first-order valence-corrected chi connectivity index (χ1v) is 7.16. The molecule has 1 saturated carbocycles. The molecule has 1 aromatic rings. The van der Waals surface area contributed by atoms with E-state index in [9.17, 15) is 9.59 Å². The molecule has 3 rings (SSSR count). The first-order valence-electron chi connectivity index (χ1n) is 7.16. The Balaban J connectivity index is 1.58. The molecule has 1 aliphatic heterocycles. The Labute approximate surface area is 123 Å². The maximum absolute atomic E-state index is 12.1. The van der Waals surface area contributed by atoms with Gasteiger partial charge >= 0.3 is 0 Å². The van der Waals surface area contributed by atoms with E-state index in [1.54, 1.807) is 24.3 Å². The van der Waals surface area contributed by atoms with Crippen LogP contribution in [-0.2, 0) is 14.3 Å². The normalized spacial score (nSPS) is 24.6. The minimum atomic E-state index is -0.946. The molecular weight excluding hydrogens is 270 g/mol. The summed E-state index contributed by atoms with van der Waals surface area (Å²) < 4.78 is 5.18. The second kappa shape index (κ2) is 5.46. The molecule has 2 fully saturated rings. The van der Waals surface area contributed by atoms with E-state index in [1.807, 2.05) is 0 Å². The van der Waals surface area contributed by atoms with Crippen LogP contribution in [0.5, 0.6) is 0 Å². The van der Waals surface area contributed by atoms with Crippen LogP contribution in [0.25, 0.3) is 0 Å². The predicted molar refractivity (Wildman–Crippen MR) is 78.8 cm³/mol. The molecule has 1 atom stereocenters. The highest BCUT2D eigenvalue weighted by atomic mass is 16.5. The van der Waals surface area contributed by atoms with Gasteiger partial charge in [0, 0.05) is 23.9 Å². The minimum Gasteiger partial charge on any atom is -0.379 e. The van der Waals surface area contributed by atoms with Gasteiger partial charge in [0.15, 0.2) is 0 Å². The van der Waals surface area contributed by atoms with Crippen molar-refractivity contribution >= 4 is 23.2 Å². The number of hydrogen-bond donors (Lipinski definition) is 3. The van der Waals surface area contributed by atoms with Crippen molar-refractivity contribution in [2.45, 2.75) is 24.8 Å². The van der Waals surface area contributed by atoms with Crippen LogP contribution < -0.4 is 16.4 Å². The number of hydrogen-bond acceptors (Lipinski definition) is 4. The van der Waals surface area contributed by atoms with E-state index in [0.29, 0.717) is 18.7 Å². The number of carbonyl (C=O) groups is 2. The van der Waals surface area contributed by atoms with Gasteiger partial charge in [-0.15, -0.1) is 0 Å². The van der Waals surface area contributed by atoms with Crippen molar-refractivity contribution in [1.29, 1.82) is 0 Å². The number of benzene rings is 1. The monoisotopic (exact) mass is 289 g/mol. The third-order valence-electron chi connectivity index (χ3n) is 3.86. The molecule has 2 amide bonds. The first-order chi connectivity index (χ1) is 10.1. The number of rotatable bonds is 4. The van der Waals surface area contributed by atoms with Crippen LogP contribution in [0.3, 0.4) is 0 Å². The fourth-order valence-corrected chi connectivity index (χ4v) is 2.24. The number of nitrogens with one attached hydrogen (secondary N) is 2. The molecule has 6 nitrogen and oxygen atoms in total. The lowest BCUT2D eigenvalue weighted by atomic mass is 9.99. The van der Waals surface area contributed by atoms with Crippen LogP contribution in [0.15, 0.2) is 24.3 Å². The summed E-state index contributed by atoms with van der Waals surface area (Å²) >= 11 is 0. The second-order valence-electron chi connectivity index (χ2n) is 5.75. The van der Waals surface area contributed by atoms with Gasteiger partial charge in [-0.1, -0.05) is 0 Å². The van der Waals surface area contributed by atoms with E-state index in [2.05, 4.69) is 10.6 Å². The second-order valence-corrected chi connectivity index (χ2v) is 5.75. The van der Waals surface area contributed by atoms with E-state index >= 15 is 0 Å². The summed E-state index contributed by atoms with van der Waals surface area (Å²) in [6.07, 6.45) is 2.47. The molecule has 4 N–H and O–H groups in total. The van der Waals surface area contributed by atoms with Crippen molar-refractivity contribution in [3.63, 3.8) is 0 Å². The van der Waals surface area contributed by atoms with Crippen molar-refractivity contribution in [2.24, 2.45) is 11.7 Å². The number of carbonyl (C=O) groups excluding carboxylic acids is 2. The third kappa shape index (κ3) is 3.22. The van der Waals surface area contributed by atoms with Crippen LogP contribution in [0.2, 0.25) is 0 Å². The number of ether oxygens (including phenoxy) is 1. The van der Waals surface area contributed by atoms with Crippen LogP contribution in [0, 0.1) is 5.92 Å². The predicted octanol–water partition coefficient (Wildman–Crippen LogP) is 1.09. The quantitative estimate of drug-likeness (QED) is 0.773. The summed E-state index contributed by atoms with van der Waals surface area (Å²) in [5.41, 5.74) is 6.43. The SMILES string of the molecule is NC1(C(=O)Nc2ccc(NC(=O)C3CC3)cc2)CCOC1. The van der Waals surface area contributed by atoms with Crippen molar-refractivity contribution in [3.05, 3.63) is 24.3 Å². The van der Waals surface area contributed by atoms with Gasteiger partial charge in [0.1, 0.15) is 5.54 Å². The van der Waals surface area contributed by atoms with Gasteiger partial charge in [0.2, 0.25) is 11.8 Å². The van der Waals surface area contributed by atoms with E-state index in [4.69, 9.17) is 10.5 Å². The van der Waals surface area contributed by atoms with Crippen LogP contribution in [0.4, 0.5) is 11.4 Å². The molecule has 21 heavy (non-hydrogen) atoms. The number of amides is 2. The van der Waals surface area contributed by atoms with E-state index < -0.39 is 5.54 Å². The molecule has 1 saturated heterocycles. The summed E-state index contributed by atoms with van der Waals surface area (Å²) in [6.45, 7) is 0.754. The van der Waals surface area contributed by atoms with Gasteiger partial charge in [-0.25, -0.2) is 0 Å². The Morgan fingerprint density at radius 3 is 2.29 bits per heavy atom. The van der Waals surface area contributed by atoms with Crippen LogP contribution in [0.1, 0.15) is 19.3 Å². The topological polar surface area (TPSA) is 93.5 Å². The zero-order valence-corrected chi connectivity index (χ0v) is 11.7. The van der Waals surface area contributed by atoms with E-state index in [0.717, 1.165) is 18.5 Å². The highest BCUT2D eigenvalue weighted by Crippen LogP contribution is 2.30. The van der Waals surface area contributed by atoms with Gasteiger partial charge < -0.3 is 21.1 Å². The van der Waals surface area contributed by atoms with Crippen molar-refractivity contribution in [2.75, 3.05) is 23.8 Å². The van der Waals surface area contributed by atoms with Crippen molar-refractivity contribution < 1.29 is 14.3 Å². The Bertz CT molecular complexity index is 546. The van der Waals surface area contributed by atoms with Gasteiger partial charge in [0.05, 0.1) is 6.61 Å². The Hall–Kier alpha value is -1.92. The molecule has 0 radical (unpaired) electrons. The van der Waals surface area contributed by atoms with Gasteiger partial charge in [-0.2, -0.15) is 0 Å². The molecular formula is C15H19N3O3. The average Bonchev–Trinajstić information content (AvgIpc) is 3.23. The molecule has 1 aliphatic carbocycles. The molecule has 1 aromatic carbocycles. The maximum atomic E-state index is 12.1. The lowest BCUT2D eigenvalue weighted by Crippen LogP contribution is -2.51. The van der Waals surface area contributed by atoms with Gasteiger partial charge in [0.25, 0.3) is 0 Å². The zero-order chi connectivity index (χ0) is 14.9. The minimum absolute atomic E-state index is 0.0656. The number of nitrogens with two attached hydrogens (primary N) is 1. The standard InChI is InChI=1S/C15H19N3O3/c16-15(7-8-21-9-15)14(20)18-12-5-3-11(4-6-12)17-13(19)10-1-2-10/h3-6,10H,1-2,7-9,16H2,(H,17,19)(H,18,20). The summed E-state index contributed by atoms with van der Waals surface area (Å²) in [6, 6.07) is 7.04. The summed E-state index contributed by atoms with van der Waals surface area (Å²) in [5.74, 6) is -0.00517. The van der Waals surface area contributed by atoms with Crippen molar-refractivity contribution in [3.8, 4) is 0 Å². The largest absolute Gasteiger partial charge is 0.379 e. The van der Waals surface area contributed by atoms with E-state index in [1.165, 1.54) is 0 Å².